The van der Waals surface area contributed by atoms with E-state index in [1.54, 1.807) is 12.1 Å². The Labute approximate surface area is 204 Å². The van der Waals surface area contributed by atoms with Crippen molar-refractivity contribution in [1.29, 1.82) is 0 Å². The van der Waals surface area contributed by atoms with Gasteiger partial charge in [-0.25, -0.2) is 14.8 Å². The number of H-pyrrole nitrogens is 1. The van der Waals surface area contributed by atoms with Crippen LogP contribution in [0.4, 0.5) is 11.6 Å². The van der Waals surface area contributed by atoms with Crippen molar-refractivity contribution in [3.63, 3.8) is 0 Å². The second kappa shape index (κ2) is 13.3. The fraction of sp³-hybridized carbons (Fsp3) is 0.286. The van der Waals surface area contributed by atoms with Crippen molar-refractivity contribution in [1.82, 2.24) is 25.3 Å². The predicted molar refractivity (Wildman–Crippen MR) is 130 cm³/mol. The molecule has 3 aromatic rings. The molecule has 0 fully saturated rings. The summed E-state index contributed by atoms with van der Waals surface area (Å²) in [4.78, 5) is 60.6. The Kier molecular flexibility index (Phi) is 10.2. The van der Waals surface area contributed by atoms with Crippen LogP contribution in [-0.4, -0.2) is 67.1 Å². The highest BCUT2D eigenvalue weighted by atomic mass is 16.4. The third-order valence-electron chi connectivity index (χ3n) is 4.52. The Hall–Kier alpha value is -4.63. The number of fused-ring (bicyclic) bond motifs is 1. The molecule has 0 aliphatic carbocycles. The van der Waals surface area contributed by atoms with Crippen LogP contribution in [-0.2, 0) is 16.1 Å². The number of carbonyl (C=O) groups excluding carboxylic acids is 1. The monoisotopic (exact) mass is 501 g/mol. The number of rotatable bonds is 10. The fourth-order valence-corrected chi connectivity index (χ4v) is 2.75. The molecule has 0 radical (unpaired) electrons. The van der Waals surface area contributed by atoms with Crippen LogP contribution >= 0.6 is 0 Å². The van der Waals surface area contributed by atoms with E-state index in [0.29, 0.717) is 24.5 Å². The minimum absolute atomic E-state index is 0.0524. The molecule has 1 aromatic carbocycles. The highest BCUT2D eigenvalue weighted by molar-refractivity contribution is 5.96. The Bertz CT molecular complexity index is 1260. The standard InChI is InChI=1S/C19H19N7O6.C2H8N2/c20-19-25-15-14(17(30)26-19)23-11(8-22-15)7-21-10-3-1-9(2-4-10)16(29)24-12(18(31)32)5-6-13(27)28;3-1-2-4/h1-4,8,12,21H,5-7H2,(H,24,29)(H,27,28)(H,31,32)(H3,20,22,25,26,30);1-4H2. The molecule has 11 N–H and O–H groups in total. The number of carboxylic acid groups (broad SMARTS) is 2. The zero-order chi connectivity index (χ0) is 26.7. The van der Waals surface area contributed by atoms with Crippen molar-refractivity contribution in [2.45, 2.75) is 25.4 Å². The molecule has 0 saturated carbocycles. The molecule has 36 heavy (non-hydrogen) atoms. The van der Waals surface area contributed by atoms with E-state index in [1.165, 1.54) is 18.3 Å². The van der Waals surface area contributed by atoms with E-state index < -0.39 is 29.4 Å². The number of aromatic nitrogens is 4. The summed E-state index contributed by atoms with van der Waals surface area (Å²) in [5, 5.41) is 23.2. The van der Waals surface area contributed by atoms with Crippen molar-refractivity contribution in [3.8, 4) is 0 Å². The van der Waals surface area contributed by atoms with Gasteiger partial charge in [-0.3, -0.25) is 19.4 Å². The van der Waals surface area contributed by atoms with E-state index in [9.17, 15) is 19.2 Å². The summed E-state index contributed by atoms with van der Waals surface area (Å²) in [6.45, 7) is 1.43. The topological polar surface area (TPSA) is 265 Å². The van der Waals surface area contributed by atoms with Crippen LogP contribution in [0.3, 0.4) is 0 Å². The lowest BCUT2D eigenvalue weighted by Gasteiger charge is -2.14. The van der Waals surface area contributed by atoms with Crippen LogP contribution in [0.5, 0.6) is 0 Å². The number of anilines is 2. The second-order valence-corrected chi connectivity index (χ2v) is 7.29. The number of nitrogens with one attached hydrogen (secondary N) is 3. The lowest BCUT2D eigenvalue weighted by Crippen LogP contribution is -2.41. The molecule has 0 spiro atoms. The third-order valence-corrected chi connectivity index (χ3v) is 4.52. The molecular formula is C21H27N9O6. The number of amides is 1. The van der Waals surface area contributed by atoms with Crippen LogP contribution in [0, 0.1) is 0 Å². The molecule has 0 aliphatic heterocycles. The maximum Gasteiger partial charge on any atom is 0.326 e. The fourth-order valence-electron chi connectivity index (χ4n) is 2.75. The zero-order valence-corrected chi connectivity index (χ0v) is 19.1. The van der Waals surface area contributed by atoms with E-state index in [4.69, 9.17) is 27.4 Å². The number of carboxylic acids is 2. The largest absolute Gasteiger partial charge is 0.481 e. The molecule has 0 saturated heterocycles. The Morgan fingerprint density at radius 1 is 1.06 bits per heavy atom. The van der Waals surface area contributed by atoms with Gasteiger partial charge in [0.2, 0.25) is 5.95 Å². The van der Waals surface area contributed by atoms with Crippen LogP contribution in [0.2, 0.25) is 0 Å². The van der Waals surface area contributed by atoms with Gasteiger partial charge in [0.05, 0.1) is 18.4 Å². The van der Waals surface area contributed by atoms with Crippen molar-refractivity contribution in [2.75, 3.05) is 24.1 Å². The lowest BCUT2D eigenvalue weighted by atomic mass is 10.1. The van der Waals surface area contributed by atoms with Crippen molar-refractivity contribution in [3.05, 3.63) is 52.1 Å². The van der Waals surface area contributed by atoms with Gasteiger partial charge in [0.25, 0.3) is 11.5 Å². The number of hydrogen-bond donors (Lipinski definition) is 8. The molecule has 1 atom stereocenters. The van der Waals surface area contributed by atoms with Gasteiger partial charge in [-0.05, 0) is 30.7 Å². The van der Waals surface area contributed by atoms with Crippen LogP contribution in [0.25, 0.3) is 11.2 Å². The molecule has 1 unspecified atom stereocenters. The summed E-state index contributed by atoms with van der Waals surface area (Å²) in [7, 11) is 0. The number of hydrogen-bond acceptors (Lipinski definition) is 11. The number of nitrogen functional groups attached to an aromatic ring is 1. The van der Waals surface area contributed by atoms with Crippen molar-refractivity contribution < 1.29 is 24.6 Å². The highest BCUT2D eigenvalue weighted by Gasteiger charge is 2.21. The summed E-state index contributed by atoms with van der Waals surface area (Å²) >= 11 is 0. The number of nitrogens with zero attached hydrogens (tertiary/aromatic N) is 3. The van der Waals surface area contributed by atoms with Crippen LogP contribution < -0.4 is 33.4 Å². The van der Waals surface area contributed by atoms with Gasteiger partial charge < -0.3 is 38.0 Å². The molecule has 15 heteroatoms. The number of carbonyl (C=O) groups is 3. The van der Waals surface area contributed by atoms with E-state index in [-0.39, 0.29) is 42.1 Å². The van der Waals surface area contributed by atoms with Gasteiger partial charge in [0.1, 0.15) is 6.04 Å². The molecule has 1 amide bonds. The van der Waals surface area contributed by atoms with E-state index in [1.807, 2.05) is 0 Å². The summed E-state index contributed by atoms with van der Waals surface area (Å²) in [6.07, 6.45) is 0.840. The first-order chi connectivity index (χ1) is 17.1. The smallest absolute Gasteiger partial charge is 0.326 e. The minimum Gasteiger partial charge on any atom is -0.481 e. The van der Waals surface area contributed by atoms with E-state index in [2.05, 4.69) is 30.6 Å². The highest BCUT2D eigenvalue weighted by Crippen LogP contribution is 2.12. The van der Waals surface area contributed by atoms with Crippen LogP contribution in [0.1, 0.15) is 28.9 Å². The number of aromatic amines is 1. The molecular weight excluding hydrogens is 474 g/mol. The Balaban J connectivity index is 0.00000106. The summed E-state index contributed by atoms with van der Waals surface area (Å²) in [5.74, 6) is -3.16. The Morgan fingerprint density at radius 3 is 2.31 bits per heavy atom. The first-order valence-electron chi connectivity index (χ1n) is 10.7. The summed E-state index contributed by atoms with van der Waals surface area (Å²) < 4.78 is 0. The van der Waals surface area contributed by atoms with Crippen molar-refractivity contribution in [2.24, 2.45) is 11.5 Å². The summed E-state index contributed by atoms with van der Waals surface area (Å²) in [5.41, 5.74) is 16.3. The average Bonchev–Trinajstić information content (AvgIpc) is 2.85. The van der Waals surface area contributed by atoms with Gasteiger partial charge >= 0.3 is 11.9 Å². The first kappa shape index (κ1) is 27.6. The van der Waals surface area contributed by atoms with Gasteiger partial charge in [-0.2, -0.15) is 4.98 Å². The van der Waals surface area contributed by atoms with Gasteiger partial charge in [0.15, 0.2) is 11.2 Å². The average molecular weight is 502 g/mol. The van der Waals surface area contributed by atoms with Crippen LogP contribution in [0.15, 0.2) is 35.3 Å². The molecule has 0 bridgehead atoms. The predicted octanol–water partition coefficient (Wildman–Crippen LogP) is -1.14. The number of aliphatic carboxylic acids is 2. The van der Waals surface area contributed by atoms with Gasteiger partial charge in [-0.1, -0.05) is 0 Å². The van der Waals surface area contributed by atoms with E-state index in [0.717, 1.165) is 0 Å². The molecule has 0 aliphatic rings. The SMILES string of the molecule is NCCN.Nc1nc2ncc(CNc3ccc(C(=O)NC(CCC(=O)O)C(=O)O)cc3)nc2c(=O)[nH]1. The molecule has 3 rings (SSSR count). The maximum absolute atomic E-state index is 12.3. The van der Waals surface area contributed by atoms with Crippen molar-refractivity contribution >= 4 is 40.6 Å². The lowest BCUT2D eigenvalue weighted by molar-refractivity contribution is -0.140. The molecule has 15 nitrogen and oxygen atoms in total. The van der Waals surface area contributed by atoms with Gasteiger partial charge in [-0.15, -0.1) is 0 Å². The Morgan fingerprint density at radius 2 is 1.72 bits per heavy atom. The molecule has 2 heterocycles. The molecule has 2 aromatic heterocycles. The maximum atomic E-state index is 12.3. The quantitative estimate of drug-likeness (QED) is 0.163. The summed E-state index contributed by atoms with van der Waals surface area (Å²) in [6, 6.07) is 4.86. The van der Waals surface area contributed by atoms with Gasteiger partial charge in [0, 0.05) is 30.8 Å². The number of nitrogens with two attached hydrogens (primary N) is 3. The zero-order valence-electron chi connectivity index (χ0n) is 19.1. The third kappa shape index (κ3) is 8.30. The first-order valence-corrected chi connectivity index (χ1v) is 10.7. The minimum atomic E-state index is -1.31. The number of benzene rings is 1. The molecule has 192 valence electrons. The van der Waals surface area contributed by atoms with E-state index >= 15 is 0 Å². The second-order valence-electron chi connectivity index (χ2n) is 7.29. The normalized spacial score (nSPS) is 11.2.